The first-order chi connectivity index (χ1) is 8.58. The highest BCUT2D eigenvalue weighted by atomic mass is 16.2. The third-order valence-electron chi connectivity index (χ3n) is 2.14. The molecule has 6 nitrogen and oxygen atoms in total. The average molecular weight is 250 g/mol. The van der Waals surface area contributed by atoms with E-state index in [1.165, 1.54) is 13.8 Å². The van der Waals surface area contributed by atoms with Gasteiger partial charge >= 0.3 is 0 Å². The van der Waals surface area contributed by atoms with E-state index in [0.29, 0.717) is 13.3 Å². The molecule has 0 spiro atoms. The van der Waals surface area contributed by atoms with Crippen LogP contribution in [0.15, 0.2) is 24.3 Å². The van der Waals surface area contributed by atoms with E-state index in [4.69, 9.17) is 0 Å². The third-order valence-corrected chi connectivity index (χ3v) is 2.14. The molecule has 0 saturated carbocycles. The lowest BCUT2D eigenvalue weighted by atomic mass is 10.3. The van der Waals surface area contributed by atoms with Crippen LogP contribution in [0.2, 0.25) is 0 Å². The second-order valence-corrected chi connectivity index (χ2v) is 3.75. The van der Waals surface area contributed by atoms with Gasteiger partial charge in [-0.3, -0.25) is 9.59 Å². The molecule has 0 radical (unpaired) electrons. The van der Waals surface area contributed by atoms with Crippen LogP contribution in [-0.2, 0) is 9.59 Å². The predicted molar refractivity (Wildman–Crippen MR) is 71.1 cm³/mol. The van der Waals surface area contributed by atoms with Gasteiger partial charge in [-0.05, 0) is 24.3 Å². The number of carbonyl (C=O) groups is 2. The van der Waals surface area contributed by atoms with Gasteiger partial charge in [0.25, 0.3) is 0 Å². The van der Waals surface area contributed by atoms with Crippen LogP contribution in [0.25, 0.3) is 0 Å². The molecule has 0 unspecified atom stereocenters. The maximum absolute atomic E-state index is 10.7. The summed E-state index contributed by atoms with van der Waals surface area (Å²) in [6.07, 6.45) is 0. The molecule has 0 fully saturated rings. The van der Waals surface area contributed by atoms with Crippen LogP contribution in [0.1, 0.15) is 13.8 Å². The van der Waals surface area contributed by atoms with Crippen LogP contribution in [0.3, 0.4) is 0 Å². The molecule has 1 rings (SSSR count). The van der Waals surface area contributed by atoms with Gasteiger partial charge in [-0.1, -0.05) is 0 Å². The second kappa shape index (κ2) is 7.16. The summed E-state index contributed by atoms with van der Waals surface area (Å²) >= 11 is 0. The van der Waals surface area contributed by atoms with Crippen molar-refractivity contribution in [2.75, 3.05) is 24.0 Å². The van der Waals surface area contributed by atoms with Crippen LogP contribution < -0.4 is 21.3 Å². The predicted octanol–water partition coefficient (Wildman–Crippen LogP) is 0.698. The van der Waals surface area contributed by atoms with Gasteiger partial charge in [0.05, 0.1) is 13.3 Å². The Kier molecular flexibility index (Phi) is 5.50. The fourth-order valence-corrected chi connectivity index (χ4v) is 1.25. The van der Waals surface area contributed by atoms with E-state index in [2.05, 4.69) is 21.3 Å². The van der Waals surface area contributed by atoms with E-state index in [9.17, 15) is 9.59 Å². The molecule has 0 bridgehead atoms. The molecule has 0 atom stereocenters. The first-order valence-electron chi connectivity index (χ1n) is 5.64. The maximum atomic E-state index is 10.7. The summed E-state index contributed by atoms with van der Waals surface area (Å²) in [6.45, 7) is 3.73. The zero-order valence-corrected chi connectivity index (χ0v) is 10.5. The number of hydrogen-bond donors (Lipinski definition) is 4. The summed E-state index contributed by atoms with van der Waals surface area (Å²) in [5.74, 6) is -0.146. The molecule has 6 heteroatoms. The molecule has 4 N–H and O–H groups in total. The normalized spacial score (nSPS) is 9.44. The Hall–Kier alpha value is -2.24. The quantitative estimate of drug-likeness (QED) is 0.560. The van der Waals surface area contributed by atoms with Crippen LogP contribution in [0.5, 0.6) is 0 Å². The zero-order chi connectivity index (χ0) is 13.4. The Labute approximate surface area is 106 Å². The van der Waals surface area contributed by atoms with Gasteiger partial charge in [0.1, 0.15) is 0 Å². The second-order valence-electron chi connectivity index (χ2n) is 3.75. The average Bonchev–Trinajstić information content (AvgIpc) is 2.30. The number of anilines is 2. The highest BCUT2D eigenvalue weighted by Crippen LogP contribution is 2.12. The molecule has 1 aromatic rings. The molecule has 98 valence electrons. The summed E-state index contributed by atoms with van der Waals surface area (Å²) in [5.41, 5.74) is 1.82. The number of carbonyl (C=O) groups excluding carboxylic acids is 2. The van der Waals surface area contributed by atoms with E-state index in [0.717, 1.165) is 11.4 Å². The van der Waals surface area contributed by atoms with E-state index >= 15 is 0 Å². The molecular weight excluding hydrogens is 232 g/mol. The molecule has 0 saturated heterocycles. The summed E-state index contributed by atoms with van der Waals surface area (Å²) in [6, 6.07) is 7.55. The number of amides is 2. The SMILES string of the molecule is CC(=O)NCNc1ccc(NCNC(C)=O)cc1. The lowest BCUT2D eigenvalue weighted by Crippen LogP contribution is -2.26. The van der Waals surface area contributed by atoms with Crippen molar-refractivity contribution in [3.05, 3.63) is 24.3 Å². The first-order valence-corrected chi connectivity index (χ1v) is 5.64. The van der Waals surface area contributed by atoms with Crippen molar-refractivity contribution in [3.63, 3.8) is 0 Å². The molecule has 0 aromatic heterocycles. The number of nitrogens with one attached hydrogen (secondary N) is 4. The largest absolute Gasteiger partial charge is 0.368 e. The summed E-state index contributed by atoms with van der Waals surface area (Å²) in [4.78, 5) is 21.3. The number of benzene rings is 1. The fraction of sp³-hybridized carbons (Fsp3) is 0.333. The van der Waals surface area contributed by atoms with Gasteiger partial charge in [0.2, 0.25) is 11.8 Å². The van der Waals surface area contributed by atoms with Gasteiger partial charge in [-0.2, -0.15) is 0 Å². The molecule has 0 aliphatic heterocycles. The van der Waals surface area contributed by atoms with Gasteiger partial charge in [-0.25, -0.2) is 0 Å². The molecule has 0 aliphatic carbocycles. The summed E-state index contributed by atoms with van der Waals surface area (Å²) < 4.78 is 0. The smallest absolute Gasteiger partial charge is 0.218 e. The Morgan fingerprint density at radius 3 is 1.44 bits per heavy atom. The zero-order valence-electron chi connectivity index (χ0n) is 10.5. The van der Waals surface area contributed by atoms with E-state index in [-0.39, 0.29) is 11.8 Å². The van der Waals surface area contributed by atoms with Crippen LogP contribution in [0, 0.1) is 0 Å². The van der Waals surface area contributed by atoms with Gasteiger partial charge in [0.15, 0.2) is 0 Å². The molecule has 1 aromatic carbocycles. The molecule has 0 heterocycles. The maximum Gasteiger partial charge on any atom is 0.218 e. The van der Waals surface area contributed by atoms with Crippen molar-refractivity contribution >= 4 is 23.2 Å². The molecule has 2 amide bonds. The standard InChI is InChI=1S/C12H18N4O2/c1-9(17)13-7-15-11-3-5-12(6-4-11)16-8-14-10(2)18/h3-6,15-16H,7-8H2,1-2H3,(H,13,17)(H,14,18). The number of hydrogen-bond acceptors (Lipinski definition) is 4. The number of rotatable bonds is 6. The molecular formula is C12H18N4O2. The van der Waals surface area contributed by atoms with Crippen molar-refractivity contribution < 1.29 is 9.59 Å². The van der Waals surface area contributed by atoms with Crippen LogP contribution in [0.4, 0.5) is 11.4 Å². The minimum Gasteiger partial charge on any atom is -0.368 e. The monoisotopic (exact) mass is 250 g/mol. The highest BCUT2D eigenvalue weighted by molar-refractivity contribution is 5.73. The molecule has 0 aliphatic rings. The Morgan fingerprint density at radius 1 is 0.833 bits per heavy atom. The third kappa shape index (κ3) is 5.74. The molecule has 18 heavy (non-hydrogen) atoms. The Bertz CT molecular complexity index is 364. The minimum atomic E-state index is -0.0731. The van der Waals surface area contributed by atoms with Crippen molar-refractivity contribution in [2.24, 2.45) is 0 Å². The van der Waals surface area contributed by atoms with E-state index < -0.39 is 0 Å². The van der Waals surface area contributed by atoms with Crippen molar-refractivity contribution in [1.82, 2.24) is 10.6 Å². The van der Waals surface area contributed by atoms with E-state index in [1.807, 2.05) is 24.3 Å². The van der Waals surface area contributed by atoms with Crippen molar-refractivity contribution in [1.29, 1.82) is 0 Å². The Morgan fingerprint density at radius 2 is 1.17 bits per heavy atom. The van der Waals surface area contributed by atoms with Crippen LogP contribution >= 0.6 is 0 Å². The Balaban J connectivity index is 2.33. The van der Waals surface area contributed by atoms with Crippen LogP contribution in [-0.4, -0.2) is 25.2 Å². The first kappa shape index (κ1) is 13.8. The lowest BCUT2D eigenvalue weighted by Gasteiger charge is -2.09. The lowest BCUT2D eigenvalue weighted by molar-refractivity contribution is -0.119. The summed E-state index contributed by atoms with van der Waals surface area (Å²) in [7, 11) is 0. The van der Waals surface area contributed by atoms with Gasteiger partial charge < -0.3 is 21.3 Å². The van der Waals surface area contributed by atoms with Crippen molar-refractivity contribution in [3.8, 4) is 0 Å². The summed E-state index contributed by atoms with van der Waals surface area (Å²) in [5, 5.41) is 11.4. The van der Waals surface area contributed by atoms with E-state index in [1.54, 1.807) is 0 Å². The van der Waals surface area contributed by atoms with Crippen molar-refractivity contribution in [2.45, 2.75) is 13.8 Å². The minimum absolute atomic E-state index is 0.0731. The van der Waals surface area contributed by atoms with Gasteiger partial charge in [-0.15, -0.1) is 0 Å². The highest BCUT2D eigenvalue weighted by Gasteiger charge is 1.95. The topological polar surface area (TPSA) is 82.3 Å². The fourth-order valence-electron chi connectivity index (χ4n) is 1.25. The van der Waals surface area contributed by atoms with Gasteiger partial charge in [0, 0.05) is 25.2 Å².